The van der Waals surface area contributed by atoms with Crippen LogP contribution < -0.4 is 4.74 Å². The molecule has 0 saturated heterocycles. The van der Waals surface area contributed by atoms with Crippen LogP contribution in [0, 0.1) is 11.3 Å². The first-order valence-corrected chi connectivity index (χ1v) is 11.2. The van der Waals surface area contributed by atoms with Crippen LogP contribution in [0.5, 0.6) is 11.5 Å². The van der Waals surface area contributed by atoms with Crippen LogP contribution in [0.1, 0.15) is 27.8 Å². The van der Waals surface area contributed by atoms with Gasteiger partial charge in [-0.1, -0.05) is 64.1 Å². The van der Waals surface area contributed by atoms with Gasteiger partial charge in [-0.3, -0.25) is 0 Å². The van der Waals surface area contributed by atoms with E-state index in [1.807, 2.05) is 36.4 Å². The van der Waals surface area contributed by atoms with Gasteiger partial charge in [-0.2, -0.15) is 5.26 Å². The van der Waals surface area contributed by atoms with Crippen molar-refractivity contribution in [1.82, 2.24) is 0 Å². The molecule has 30 heavy (non-hydrogen) atoms. The third-order valence-corrected chi connectivity index (χ3v) is 7.53. The summed E-state index contributed by atoms with van der Waals surface area (Å²) in [4.78, 5) is 2.37. The van der Waals surface area contributed by atoms with E-state index in [0.29, 0.717) is 5.56 Å². The van der Waals surface area contributed by atoms with E-state index in [2.05, 4.69) is 70.5 Å². The van der Waals surface area contributed by atoms with Crippen LogP contribution in [0.2, 0.25) is 0 Å². The Morgan fingerprint density at radius 1 is 0.733 bits per heavy atom. The van der Waals surface area contributed by atoms with Crippen molar-refractivity contribution in [2.75, 3.05) is 0 Å². The largest absolute Gasteiger partial charge is 0.457 e. The molecule has 4 aromatic rings. The lowest BCUT2D eigenvalue weighted by Gasteiger charge is -2.45. The standard InChI is InChI=1S/C26H14BrNOS/c27-17-10-12-25-21(14-17)26(20-13-16(15-28)9-11-24(20)30-25)18-5-1-3-7-22(18)29-23-8-4-2-6-19(23)26/h1-14H. The van der Waals surface area contributed by atoms with Crippen LogP contribution in [0.15, 0.2) is 99.2 Å². The molecule has 2 aliphatic rings. The lowest BCUT2D eigenvalue weighted by molar-refractivity contribution is 0.431. The van der Waals surface area contributed by atoms with Gasteiger partial charge in [-0.05, 0) is 59.7 Å². The maximum atomic E-state index is 9.67. The van der Waals surface area contributed by atoms with Gasteiger partial charge in [-0.15, -0.1) is 0 Å². The molecule has 1 spiro atoms. The predicted octanol–water partition coefficient (Wildman–Crippen LogP) is 7.27. The predicted molar refractivity (Wildman–Crippen MR) is 121 cm³/mol. The number of fused-ring (bicyclic) bond motifs is 8. The summed E-state index contributed by atoms with van der Waals surface area (Å²) in [6.45, 7) is 0. The Morgan fingerprint density at radius 3 is 2.00 bits per heavy atom. The summed E-state index contributed by atoms with van der Waals surface area (Å²) in [5, 5.41) is 9.67. The maximum absolute atomic E-state index is 9.67. The van der Waals surface area contributed by atoms with Gasteiger partial charge < -0.3 is 4.74 Å². The minimum Gasteiger partial charge on any atom is -0.457 e. The van der Waals surface area contributed by atoms with Crippen LogP contribution in [0.4, 0.5) is 0 Å². The van der Waals surface area contributed by atoms with Gasteiger partial charge in [0.25, 0.3) is 0 Å². The third-order valence-electron chi connectivity index (χ3n) is 5.88. The van der Waals surface area contributed by atoms with Gasteiger partial charge >= 0.3 is 0 Å². The molecule has 2 aliphatic heterocycles. The molecule has 6 rings (SSSR count). The van der Waals surface area contributed by atoms with Crippen LogP contribution in [0.25, 0.3) is 0 Å². The number of benzene rings is 4. The maximum Gasteiger partial charge on any atom is 0.132 e. The fourth-order valence-electron chi connectivity index (χ4n) is 4.70. The Hall–Kier alpha value is -3.00. The normalized spacial score (nSPS) is 14.5. The lowest BCUT2D eigenvalue weighted by Crippen LogP contribution is -2.36. The molecule has 0 unspecified atom stereocenters. The van der Waals surface area contributed by atoms with Crippen molar-refractivity contribution in [2.24, 2.45) is 0 Å². The van der Waals surface area contributed by atoms with E-state index < -0.39 is 5.41 Å². The summed E-state index contributed by atoms with van der Waals surface area (Å²) in [5.74, 6) is 1.70. The van der Waals surface area contributed by atoms with E-state index in [1.54, 1.807) is 11.8 Å². The molecular formula is C26H14BrNOS. The van der Waals surface area contributed by atoms with Gasteiger partial charge in [-0.25, -0.2) is 0 Å². The van der Waals surface area contributed by atoms with Crippen molar-refractivity contribution >= 4 is 27.7 Å². The molecule has 0 fully saturated rings. The highest BCUT2D eigenvalue weighted by atomic mass is 79.9. The number of nitriles is 1. The topological polar surface area (TPSA) is 33.0 Å². The summed E-state index contributed by atoms with van der Waals surface area (Å²) >= 11 is 5.45. The van der Waals surface area contributed by atoms with Gasteiger partial charge in [0.15, 0.2) is 0 Å². The molecule has 2 nitrogen and oxygen atoms in total. The Labute approximate surface area is 187 Å². The average molecular weight is 468 g/mol. The van der Waals surface area contributed by atoms with Crippen LogP contribution in [0.3, 0.4) is 0 Å². The van der Waals surface area contributed by atoms with E-state index in [-0.39, 0.29) is 0 Å². The Balaban J connectivity index is 1.85. The fraction of sp³-hybridized carbons (Fsp3) is 0.0385. The Morgan fingerprint density at radius 2 is 1.33 bits per heavy atom. The molecule has 0 aliphatic carbocycles. The van der Waals surface area contributed by atoms with Crippen molar-refractivity contribution in [1.29, 1.82) is 5.26 Å². The number of para-hydroxylation sites is 2. The molecule has 2 heterocycles. The zero-order valence-electron chi connectivity index (χ0n) is 15.7. The van der Waals surface area contributed by atoms with Gasteiger partial charge in [0.1, 0.15) is 11.5 Å². The van der Waals surface area contributed by atoms with Gasteiger partial charge in [0.2, 0.25) is 0 Å². The second-order valence-corrected chi connectivity index (χ2v) is 9.41. The Kier molecular flexibility index (Phi) is 3.86. The number of nitrogens with zero attached hydrogens (tertiary/aromatic N) is 1. The second-order valence-electron chi connectivity index (χ2n) is 7.41. The van der Waals surface area contributed by atoms with Crippen LogP contribution in [-0.4, -0.2) is 0 Å². The summed E-state index contributed by atoms with van der Waals surface area (Å²) in [5.41, 5.74) is 4.62. The van der Waals surface area contributed by atoms with Gasteiger partial charge in [0.05, 0.1) is 17.0 Å². The molecule has 142 valence electrons. The molecule has 4 heteroatoms. The van der Waals surface area contributed by atoms with E-state index in [9.17, 15) is 5.26 Å². The van der Waals surface area contributed by atoms with Crippen LogP contribution >= 0.6 is 27.7 Å². The minimum absolute atomic E-state index is 0.558. The summed E-state index contributed by atoms with van der Waals surface area (Å²) in [7, 11) is 0. The highest BCUT2D eigenvalue weighted by molar-refractivity contribution is 9.10. The van der Waals surface area contributed by atoms with Crippen LogP contribution in [-0.2, 0) is 5.41 Å². The number of hydrogen-bond acceptors (Lipinski definition) is 3. The van der Waals surface area contributed by atoms with E-state index >= 15 is 0 Å². The third kappa shape index (κ3) is 2.31. The lowest BCUT2D eigenvalue weighted by atomic mass is 9.63. The van der Waals surface area contributed by atoms with Crippen molar-refractivity contribution in [3.63, 3.8) is 0 Å². The monoisotopic (exact) mass is 467 g/mol. The highest BCUT2D eigenvalue weighted by Gasteiger charge is 2.49. The molecule has 4 aromatic carbocycles. The van der Waals surface area contributed by atoms with E-state index in [4.69, 9.17) is 4.74 Å². The molecule has 0 atom stereocenters. The summed E-state index contributed by atoms with van der Waals surface area (Å²) < 4.78 is 7.37. The van der Waals surface area contributed by atoms with Crippen molar-refractivity contribution in [3.8, 4) is 17.6 Å². The number of halogens is 1. The fourth-order valence-corrected chi connectivity index (χ4v) is 6.22. The van der Waals surface area contributed by atoms with Crippen molar-refractivity contribution in [3.05, 3.63) is 117 Å². The Bertz CT molecular complexity index is 1340. The molecule has 0 amide bonds. The quantitative estimate of drug-likeness (QED) is 0.235. The SMILES string of the molecule is N#Cc1ccc2c(c1)C1(c3ccccc3Oc3ccccc31)c1cc(Br)ccc1S2. The summed E-state index contributed by atoms with van der Waals surface area (Å²) in [6.07, 6.45) is 0. The first-order valence-electron chi connectivity index (χ1n) is 9.61. The molecule has 0 aromatic heterocycles. The molecule has 0 bridgehead atoms. The zero-order chi connectivity index (χ0) is 20.3. The average Bonchev–Trinajstić information content (AvgIpc) is 2.79. The van der Waals surface area contributed by atoms with Gasteiger partial charge in [0, 0.05) is 25.4 Å². The number of hydrogen-bond donors (Lipinski definition) is 0. The smallest absolute Gasteiger partial charge is 0.132 e. The second kappa shape index (κ2) is 6.50. The van der Waals surface area contributed by atoms with E-state index in [1.165, 1.54) is 10.5 Å². The molecule has 0 radical (unpaired) electrons. The van der Waals surface area contributed by atoms with Crippen molar-refractivity contribution < 1.29 is 4.74 Å². The van der Waals surface area contributed by atoms with Crippen molar-refractivity contribution in [2.45, 2.75) is 15.2 Å². The number of ether oxygens (including phenoxy) is 1. The number of rotatable bonds is 0. The molecular weight excluding hydrogens is 454 g/mol. The van der Waals surface area contributed by atoms with E-state index in [0.717, 1.165) is 37.6 Å². The molecule has 0 saturated carbocycles. The molecule has 0 N–H and O–H groups in total. The first kappa shape index (κ1) is 17.8. The summed E-state index contributed by atoms with van der Waals surface area (Å²) in [6, 6.07) is 31.3. The first-order chi connectivity index (χ1) is 14.7. The zero-order valence-corrected chi connectivity index (χ0v) is 18.1. The minimum atomic E-state index is -0.558. The highest BCUT2D eigenvalue weighted by Crippen LogP contribution is 2.61.